The summed E-state index contributed by atoms with van der Waals surface area (Å²) in [7, 11) is 0. The number of hydrogen-bond donors (Lipinski definition) is 2. The molecule has 0 aromatic carbocycles. The van der Waals surface area contributed by atoms with Crippen LogP contribution in [0.2, 0.25) is 0 Å². The standard InChI is InChI=1S/C16H26N4/c1-11-5-4-8-13(9-11)16-18-14(10-15(19-16)20-17)12-6-2-3-7-12/h10-13H,2-9,17H2,1H3,(H,18,19,20). The fraction of sp³-hybridized carbons (Fsp3) is 0.750. The van der Waals surface area contributed by atoms with Gasteiger partial charge >= 0.3 is 0 Å². The summed E-state index contributed by atoms with van der Waals surface area (Å²) in [6.45, 7) is 2.34. The van der Waals surface area contributed by atoms with Crippen molar-refractivity contribution >= 4 is 5.82 Å². The number of nitrogens with two attached hydrogens (primary N) is 1. The van der Waals surface area contributed by atoms with Crippen LogP contribution in [0.4, 0.5) is 5.82 Å². The zero-order chi connectivity index (χ0) is 13.9. The third kappa shape index (κ3) is 2.95. The van der Waals surface area contributed by atoms with E-state index < -0.39 is 0 Å². The first kappa shape index (κ1) is 13.8. The van der Waals surface area contributed by atoms with Gasteiger partial charge in [0.25, 0.3) is 0 Å². The molecule has 2 aliphatic carbocycles. The molecule has 20 heavy (non-hydrogen) atoms. The van der Waals surface area contributed by atoms with Gasteiger partial charge in [-0.15, -0.1) is 0 Å². The van der Waals surface area contributed by atoms with Crippen LogP contribution in [0.15, 0.2) is 6.07 Å². The van der Waals surface area contributed by atoms with Gasteiger partial charge in [-0.2, -0.15) is 0 Å². The monoisotopic (exact) mass is 274 g/mol. The number of hydrazine groups is 1. The molecule has 3 N–H and O–H groups in total. The topological polar surface area (TPSA) is 63.8 Å². The van der Waals surface area contributed by atoms with Crippen LogP contribution in [0.25, 0.3) is 0 Å². The fourth-order valence-electron chi connectivity index (χ4n) is 3.84. The number of nitrogen functional groups attached to an aromatic ring is 1. The van der Waals surface area contributed by atoms with Crippen LogP contribution in [0, 0.1) is 5.92 Å². The van der Waals surface area contributed by atoms with Gasteiger partial charge in [0, 0.05) is 23.6 Å². The molecule has 0 bridgehead atoms. The summed E-state index contributed by atoms with van der Waals surface area (Å²) >= 11 is 0. The molecular weight excluding hydrogens is 248 g/mol. The van der Waals surface area contributed by atoms with Crippen LogP contribution < -0.4 is 11.3 Å². The van der Waals surface area contributed by atoms with Crippen molar-refractivity contribution in [2.75, 3.05) is 5.43 Å². The number of aromatic nitrogens is 2. The second kappa shape index (κ2) is 6.08. The Balaban J connectivity index is 1.87. The Bertz CT molecular complexity index is 454. The molecule has 0 amide bonds. The van der Waals surface area contributed by atoms with Crippen LogP contribution in [-0.4, -0.2) is 9.97 Å². The van der Waals surface area contributed by atoms with Gasteiger partial charge in [0.1, 0.15) is 11.6 Å². The number of rotatable bonds is 3. The van der Waals surface area contributed by atoms with Crippen LogP contribution in [0.3, 0.4) is 0 Å². The molecule has 2 saturated carbocycles. The predicted octanol–water partition coefficient (Wildman–Crippen LogP) is 3.71. The van der Waals surface area contributed by atoms with E-state index in [0.29, 0.717) is 11.8 Å². The predicted molar refractivity (Wildman–Crippen MR) is 81.4 cm³/mol. The van der Waals surface area contributed by atoms with E-state index in [0.717, 1.165) is 17.6 Å². The summed E-state index contributed by atoms with van der Waals surface area (Å²) in [5.74, 6) is 9.34. The van der Waals surface area contributed by atoms with E-state index in [1.807, 2.05) is 6.07 Å². The largest absolute Gasteiger partial charge is 0.308 e. The highest BCUT2D eigenvalue weighted by Gasteiger charge is 2.25. The number of nitrogens with zero attached hydrogens (tertiary/aromatic N) is 2. The highest BCUT2D eigenvalue weighted by atomic mass is 15.3. The summed E-state index contributed by atoms with van der Waals surface area (Å²) in [6, 6.07) is 2.05. The zero-order valence-electron chi connectivity index (χ0n) is 12.4. The molecule has 0 aliphatic heterocycles. The van der Waals surface area contributed by atoms with Gasteiger partial charge < -0.3 is 5.43 Å². The normalized spacial score (nSPS) is 27.7. The van der Waals surface area contributed by atoms with Crippen LogP contribution in [0.5, 0.6) is 0 Å². The summed E-state index contributed by atoms with van der Waals surface area (Å²) in [5, 5.41) is 0. The second-order valence-electron chi connectivity index (χ2n) is 6.63. The molecule has 4 nitrogen and oxygen atoms in total. The molecule has 4 heteroatoms. The van der Waals surface area contributed by atoms with Crippen molar-refractivity contribution in [3.8, 4) is 0 Å². The van der Waals surface area contributed by atoms with Crippen molar-refractivity contribution in [1.82, 2.24) is 9.97 Å². The first-order chi connectivity index (χ1) is 9.76. The zero-order valence-corrected chi connectivity index (χ0v) is 12.4. The molecular formula is C16H26N4. The summed E-state index contributed by atoms with van der Waals surface area (Å²) in [6.07, 6.45) is 10.3. The number of hydrogen-bond acceptors (Lipinski definition) is 4. The molecule has 0 spiro atoms. The minimum atomic E-state index is 0.521. The molecule has 1 aromatic rings. The first-order valence-corrected chi connectivity index (χ1v) is 8.11. The van der Waals surface area contributed by atoms with E-state index in [1.165, 1.54) is 57.1 Å². The van der Waals surface area contributed by atoms with Gasteiger partial charge in [-0.1, -0.05) is 32.6 Å². The van der Waals surface area contributed by atoms with Crippen molar-refractivity contribution < 1.29 is 0 Å². The maximum atomic E-state index is 5.60. The van der Waals surface area contributed by atoms with Crippen LogP contribution in [-0.2, 0) is 0 Å². The van der Waals surface area contributed by atoms with E-state index in [4.69, 9.17) is 10.8 Å². The maximum absolute atomic E-state index is 5.60. The van der Waals surface area contributed by atoms with E-state index in [2.05, 4.69) is 17.3 Å². The number of anilines is 1. The minimum Gasteiger partial charge on any atom is -0.308 e. The molecule has 2 fully saturated rings. The SMILES string of the molecule is CC1CCCC(c2nc(NN)cc(C3CCCC3)n2)C1. The first-order valence-electron chi connectivity index (χ1n) is 8.11. The van der Waals surface area contributed by atoms with Crippen molar-refractivity contribution in [1.29, 1.82) is 0 Å². The second-order valence-corrected chi connectivity index (χ2v) is 6.63. The Morgan fingerprint density at radius 3 is 2.50 bits per heavy atom. The molecule has 1 heterocycles. The Morgan fingerprint density at radius 2 is 1.80 bits per heavy atom. The molecule has 1 aromatic heterocycles. The molecule has 2 atom stereocenters. The highest BCUT2D eigenvalue weighted by molar-refractivity contribution is 5.36. The third-order valence-electron chi connectivity index (χ3n) is 4.99. The van der Waals surface area contributed by atoms with Crippen molar-refractivity contribution in [2.24, 2.45) is 11.8 Å². The van der Waals surface area contributed by atoms with Crippen molar-refractivity contribution in [3.05, 3.63) is 17.6 Å². The van der Waals surface area contributed by atoms with Gasteiger partial charge in [-0.3, -0.25) is 0 Å². The van der Waals surface area contributed by atoms with E-state index in [9.17, 15) is 0 Å². The van der Waals surface area contributed by atoms with E-state index in [1.54, 1.807) is 0 Å². The van der Waals surface area contributed by atoms with E-state index in [-0.39, 0.29) is 0 Å². The average Bonchev–Trinajstić information content (AvgIpc) is 3.01. The lowest BCUT2D eigenvalue weighted by Gasteiger charge is -2.26. The van der Waals surface area contributed by atoms with Crippen LogP contribution in [0.1, 0.15) is 81.6 Å². The van der Waals surface area contributed by atoms with E-state index >= 15 is 0 Å². The summed E-state index contributed by atoms with van der Waals surface area (Å²) in [5.41, 5.74) is 3.94. The number of nitrogens with one attached hydrogen (secondary N) is 1. The molecule has 2 aliphatic rings. The maximum Gasteiger partial charge on any atom is 0.143 e. The van der Waals surface area contributed by atoms with Crippen LogP contribution >= 0.6 is 0 Å². The summed E-state index contributed by atoms with van der Waals surface area (Å²) in [4.78, 5) is 9.55. The average molecular weight is 274 g/mol. The molecule has 2 unspecified atom stereocenters. The smallest absolute Gasteiger partial charge is 0.143 e. The van der Waals surface area contributed by atoms with Crippen molar-refractivity contribution in [2.45, 2.75) is 70.1 Å². The molecule has 0 saturated heterocycles. The van der Waals surface area contributed by atoms with Gasteiger partial charge in [0.05, 0.1) is 0 Å². The van der Waals surface area contributed by atoms with Gasteiger partial charge in [0.2, 0.25) is 0 Å². The van der Waals surface area contributed by atoms with Crippen molar-refractivity contribution in [3.63, 3.8) is 0 Å². The highest BCUT2D eigenvalue weighted by Crippen LogP contribution is 2.37. The third-order valence-corrected chi connectivity index (χ3v) is 4.99. The lowest BCUT2D eigenvalue weighted by atomic mass is 9.82. The lowest BCUT2D eigenvalue weighted by Crippen LogP contribution is -2.18. The Hall–Kier alpha value is -1.16. The quantitative estimate of drug-likeness (QED) is 0.651. The fourth-order valence-corrected chi connectivity index (χ4v) is 3.84. The molecule has 110 valence electrons. The summed E-state index contributed by atoms with van der Waals surface area (Å²) < 4.78 is 0. The van der Waals surface area contributed by atoms with Gasteiger partial charge in [-0.25, -0.2) is 15.8 Å². The molecule has 3 rings (SSSR count). The lowest BCUT2D eigenvalue weighted by molar-refractivity contribution is 0.334. The Kier molecular flexibility index (Phi) is 4.20. The molecule has 0 radical (unpaired) electrons. The Morgan fingerprint density at radius 1 is 1.05 bits per heavy atom. The van der Waals surface area contributed by atoms with Gasteiger partial charge in [-0.05, 0) is 31.6 Å². The Labute approximate surface area is 121 Å². The minimum absolute atomic E-state index is 0.521. The van der Waals surface area contributed by atoms with Gasteiger partial charge in [0.15, 0.2) is 0 Å².